The van der Waals surface area contributed by atoms with Crippen LogP contribution in [0.4, 0.5) is 16.2 Å². The fourth-order valence-electron chi connectivity index (χ4n) is 4.20. The lowest BCUT2D eigenvalue weighted by molar-refractivity contribution is -0.140. The molecule has 0 spiro atoms. The first-order valence-electron chi connectivity index (χ1n) is 11.5. The van der Waals surface area contributed by atoms with Crippen molar-refractivity contribution in [3.8, 4) is 0 Å². The second kappa shape index (κ2) is 10.1. The number of likely N-dealkylation sites (N-methyl/N-ethyl adjacent to an activating group) is 1. The summed E-state index contributed by atoms with van der Waals surface area (Å²) in [6, 6.07) is 23.6. The monoisotopic (exact) mass is 458 g/mol. The maximum atomic E-state index is 13.5. The van der Waals surface area contributed by atoms with Crippen LogP contribution in [0.2, 0.25) is 0 Å². The fourth-order valence-corrected chi connectivity index (χ4v) is 4.20. The predicted octanol–water partition coefficient (Wildman–Crippen LogP) is 3.69. The van der Waals surface area contributed by atoms with Gasteiger partial charge in [0.2, 0.25) is 0 Å². The largest absolute Gasteiger partial charge is 0.359 e. The first kappa shape index (κ1) is 23.5. The van der Waals surface area contributed by atoms with Gasteiger partial charge >= 0.3 is 6.03 Å². The molecule has 0 bridgehead atoms. The van der Waals surface area contributed by atoms with Gasteiger partial charge in [-0.25, -0.2) is 4.79 Å². The summed E-state index contributed by atoms with van der Waals surface area (Å²) in [4.78, 5) is 29.8. The van der Waals surface area contributed by atoms with Gasteiger partial charge in [-0.15, -0.1) is 0 Å². The molecule has 3 aromatic rings. The minimum Gasteiger partial charge on any atom is -0.359 e. The van der Waals surface area contributed by atoms with Crippen molar-refractivity contribution in [2.24, 2.45) is 0 Å². The Bertz CT molecular complexity index is 1150. The molecule has 0 saturated heterocycles. The third-order valence-electron chi connectivity index (χ3n) is 6.06. The number of carbonyl (C=O) groups is 2. The summed E-state index contributed by atoms with van der Waals surface area (Å²) in [6.45, 7) is 3.67. The van der Waals surface area contributed by atoms with E-state index in [2.05, 4.69) is 27.7 Å². The van der Waals surface area contributed by atoms with Gasteiger partial charge in [0, 0.05) is 30.9 Å². The second-order valence-electron chi connectivity index (χ2n) is 8.48. The Morgan fingerprint density at radius 2 is 1.68 bits per heavy atom. The Morgan fingerprint density at radius 3 is 2.38 bits per heavy atom. The third kappa shape index (κ3) is 4.66. The smallest absolute Gasteiger partial charge is 0.329 e. The molecule has 1 atom stereocenters. The highest BCUT2D eigenvalue weighted by atomic mass is 16.3. The molecular weight excluding hydrogens is 428 g/mol. The number of rotatable bonds is 8. The van der Waals surface area contributed by atoms with Crippen LogP contribution in [-0.2, 0) is 23.5 Å². The Hall–Kier alpha value is -3.68. The Labute approximate surface area is 200 Å². The number of urea groups is 1. The minimum absolute atomic E-state index is 0.316. The first-order valence-corrected chi connectivity index (χ1v) is 11.5. The van der Waals surface area contributed by atoms with Crippen molar-refractivity contribution in [1.82, 2.24) is 10.2 Å². The molecule has 0 fully saturated rings. The Balaban J connectivity index is 1.56. The molecule has 0 radical (unpaired) electrons. The highest BCUT2D eigenvalue weighted by molar-refractivity contribution is 6.11. The van der Waals surface area contributed by atoms with Crippen LogP contribution in [0.1, 0.15) is 23.6 Å². The summed E-state index contributed by atoms with van der Waals surface area (Å²) in [5.74, 6) is -0.650. The van der Waals surface area contributed by atoms with E-state index in [1.54, 1.807) is 36.4 Å². The van der Waals surface area contributed by atoms with Gasteiger partial charge < -0.3 is 20.6 Å². The van der Waals surface area contributed by atoms with E-state index in [-0.39, 0.29) is 0 Å². The first-order chi connectivity index (χ1) is 16.4. The van der Waals surface area contributed by atoms with Gasteiger partial charge in [0.05, 0.1) is 5.69 Å². The molecule has 3 N–H and O–H groups in total. The number of aryl methyl sites for hydroxylation is 1. The molecule has 34 heavy (non-hydrogen) atoms. The van der Waals surface area contributed by atoms with Gasteiger partial charge in [-0.05, 0) is 42.8 Å². The van der Waals surface area contributed by atoms with Crippen molar-refractivity contribution in [3.05, 3.63) is 95.6 Å². The van der Waals surface area contributed by atoms with Gasteiger partial charge in [-0.1, -0.05) is 67.6 Å². The van der Waals surface area contributed by atoms with Crippen LogP contribution >= 0.6 is 0 Å². The van der Waals surface area contributed by atoms with E-state index in [9.17, 15) is 14.7 Å². The summed E-state index contributed by atoms with van der Waals surface area (Å²) < 4.78 is 0. The normalized spacial score (nSPS) is 17.3. The van der Waals surface area contributed by atoms with Crippen LogP contribution in [-0.4, -0.2) is 42.1 Å². The van der Waals surface area contributed by atoms with E-state index in [0.717, 1.165) is 23.4 Å². The fraction of sp³-hybridized carbons (Fsp3) is 0.259. The maximum absolute atomic E-state index is 13.5. The van der Waals surface area contributed by atoms with Crippen molar-refractivity contribution in [1.29, 1.82) is 0 Å². The van der Waals surface area contributed by atoms with E-state index in [1.807, 2.05) is 44.3 Å². The molecule has 0 aromatic heterocycles. The number of para-hydroxylation sites is 1. The zero-order valence-electron chi connectivity index (χ0n) is 19.5. The number of aliphatic hydroxyl groups is 1. The number of carbonyl (C=O) groups excluding carboxylic acids is 2. The molecule has 1 aliphatic heterocycles. The van der Waals surface area contributed by atoms with Crippen molar-refractivity contribution >= 4 is 23.3 Å². The number of amides is 3. The second-order valence-corrected chi connectivity index (χ2v) is 8.48. The highest BCUT2D eigenvalue weighted by Gasteiger charge is 2.51. The summed E-state index contributed by atoms with van der Waals surface area (Å²) >= 11 is 0. The molecule has 7 heteroatoms. The molecule has 3 aromatic carbocycles. The van der Waals surface area contributed by atoms with E-state index in [4.69, 9.17) is 0 Å². The van der Waals surface area contributed by atoms with Gasteiger partial charge in [-0.2, -0.15) is 0 Å². The lowest BCUT2D eigenvalue weighted by atomic mass is 9.94. The summed E-state index contributed by atoms with van der Waals surface area (Å²) in [6.07, 6.45) is 0.844. The van der Waals surface area contributed by atoms with Crippen LogP contribution in [0.3, 0.4) is 0 Å². The Kier molecular flexibility index (Phi) is 6.95. The van der Waals surface area contributed by atoms with E-state index in [1.165, 1.54) is 5.56 Å². The zero-order valence-corrected chi connectivity index (χ0v) is 19.5. The van der Waals surface area contributed by atoms with Crippen LogP contribution in [0.15, 0.2) is 78.9 Å². The number of anilines is 2. The molecule has 0 unspecified atom stereocenters. The lowest BCUT2D eigenvalue weighted by Gasteiger charge is -2.42. The molecule has 7 nitrogen and oxygen atoms in total. The highest BCUT2D eigenvalue weighted by Crippen LogP contribution is 2.39. The number of nitrogens with zero attached hydrogens (tertiary/aromatic N) is 2. The van der Waals surface area contributed by atoms with Crippen LogP contribution in [0.25, 0.3) is 0 Å². The van der Waals surface area contributed by atoms with Gasteiger partial charge in [-0.3, -0.25) is 9.69 Å². The standard InChI is InChI=1S/C27H30N4O3/c1-3-20-13-15-22(16-14-20)31-26(33)29-24-12-8-7-11-23(24)27(31,34)25(32)28-17-18-30(2)19-21-9-5-4-6-10-21/h4-16,34H,3,17-19H2,1-2H3,(H,28,32)(H,29,33)/t27-/m0/s1. The summed E-state index contributed by atoms with van der Waals surface area (Å²) in [5.41, 5.74) is 1.25. The average Bonchev–Trinajstić information content (AvgIpc) is 2.85. The SMILES string of the molecule is CCc1ccc(N2C(=O)Nc3ccccc3[C@]2(O)C(=O)NCCN(C)Cc2ccccc2)cc1. The van der Waals surface area contributed by atoms with Crippen molar-refractivity contribution in [2.45, 2.75) is 25.6 Å². The zero-order chi connectivity index (χ0) is 24.1. The molecule has 4 rings (SSSR count). The maximum Gasteiger partial charge on any atom is 0.329 e. The summed E-state index contributed by atoms with van der Waals surface area (Å²) in [5, 5.41) is 17.5. The molecule has 0 aliphatic carbocycles. The average molecular weight is 459 g/mol. The lowest BCUT2D eigenvalue weighted by Crippen LogP contribution is -2.62. The van der Waals surface area contributed by atoms with Gasteiger partial charge in [0.15, 0.2) is 0 Å². The Morgan fingerprint density at radius 1 is 1.00 bits per heavy atom. The minimum atomic E-state index is -2.19. The van der Waals surface area contributed by atoms with Crippen molar-refractivity contribution < 1.29 is 14.7 Å². The van der Waals surface area contributed by atoms with Crippen LogP contribution in [0, 0.1) is 0 Å². The molecule has 1 heterocycles. The predicted molar refractivity (Wildman–Crippen MR) is 133 cm³/mol. The third-order valence-corrected chi connectivity index (χ3v) is 6.06. The number of hydrogen-bond acceptors (Lipinski definition) is 4. The van der Waals surface area contributed by atoms with Crippen molar-refractivity contribution in [2.75, 3.05) is 30.4 Å². The molecular formula is C27H30N4O3. The van der Waals surface area contributed by atoms with Crippen LogP contribution in [0.5, 0.6) is 0 Å². The topological polar surface area (TPSA) is 84.9 Å². The number of fused-ring (bicyclic) bond motifs is 1. The molecule has 0 saturated carbocycles. The number of hydrogen-bond donors (Lipinski definition) is 3. The van der Waals surface area contributed by atoms with Crippen LogP contribution < -0.4 is 15.5 Å². The summed E-state index contributed by atoms with van der Waals surface area (Å²) in [7, 11) is 1.97. The van der Waals surface area contributed by atoms with Gasteiger partial charge in [0.1, 0.15) is 0 Å². The molecule has 1 aliphatic rings. The van der Waals surface area contributed by atoms with E-state index in [0.29, 0.717) is 30.0 Å². The number of benzene rings is 3. The van der Waals surface area contributed by atoms with E-state index < -0.39 is 17.7 Å². The number of nitrogens with one attached hydrogen (secondary N) is 2. The van der Waals surface area contributed by atoms with Gasteiger partial charge in [0.25, 0.3) is 11.6 Å². The van der Waals surface area contributed by atoms with Crippen molar-refractivity contribution in [3.63, 3.8) is 0 Å². The quantitative estimate of drug-likeness (QED) is 0.481. The van der Waals surface area contributed by atoms with E-state index >= 15 is 0 Å². The molecule has 176 valence electrons. The molecule has 3 amide bonds.